The molecule has 2 N–H and O–H groups in total. The lowest BCUT2D eigenvalue weighted by Crippen LogP contribution is -2.08. The average Bonchev–Trinajstić information content (AvgIpc) is 3.68. The number of nitrogens with zero attached hydrogens (tertiary/aromatic N) is 7. The van der Waals surface area contributed by atoms with E-state index in [1.54, 1.807) is 0 Å². The van der Waals surface area contributed by atoms with Crippen LogP contribution in [0.5, 0.6) is 0 Å². The van der Waals surface area contributed by atoms with Gasteiger partial charge < -0.3 is 10.7 Å². The van der Waals surface area contributed by atoms with Crippen LogP contribution in [0.2, 0.25) is 5.28 Å². The predicted octanol–water partition coefficient (Wildman–Crippen LogP) is 12.9. The number of anilines is 2. The first-order valence-electron chi connectivity index (χ1n) is 19.9. The first kappa shape index (κ1) is 39.9. The zero-order valence-corrected chi connectivity index (χ0v) is 34.2. The van der Waals surface area contributed by atoms with Crippen molar-refractivity contribution < 1.29 is 0 Å². The highest BCUT2D eigenvalue weighted by atomic mass is 35.5. The SMILES string of the molecule is CC.Clc1nc(-c2ccccc2)nc(-c2ccccc2)n1.N=Cc1c(Nc2ccccc2)ccc2c3ccccc3n(-c3nc(-c4ccccc4)nc(-c4ccccc4)n3)c12. The second-order valence-electron chi connectivity index (χ2n) is 13.4. The van der Waals surface area contributed by atoms with Gasteiger partial charge in [-0.1, -0.05) is 178 Å². The number of rotatable bonds is 8. The van der Waals surface area contributed by atoms with Gasteiger partial charge in [-0.15, -0.1) is 0 Å². The average molecular weight is 814 g/mol. The van der Waals surface area contributed by atoms with Crippen molar-refractivity contribution in [3.05, 3.63) is 199 Å². The standard InChI is InChI=1S/C34H24N6.C15H10ClN3.C2H6/c35-22-28-29(36-25-16-8-3-9-17-25)21-20-27-26-18-10-11-19-30(26)40(31(27)28)34-38-32(23-12-4-1-5-13-23)37-33(39-34)24-14-6-2-7-15-24;16-15-18-13(11-7-3-1-4-8-11)17-14(19-15)12-9-5-2-6-10-12;1-2/h1-22,35-36H;1-10H;1-2H3. The lowest BCUT2D eigenvalue weighted by Gasteiger charge is -2.14. The van der Waals surface area contributed by atoms with E-state index in [1.807, 2.05) is 184 Å². The molecular formula is C51H40ClN9. The van der Waals surface area contributed by atoms with Gasteiger partial charge in [-0.2, -0.15) is 19.9 Å². The third kappa shape index (κ3) is 8.78. The van der Waals surface area contributed by atoms with Gasteiger partial charge in [-0.25, -0.2) is 9.97 Å². The smallest absolute Gasteiger partial charge is 0.238 e. The van der Waals surface area contributed by atoms with E-state index < -0.39 is 0 Å². The topological polar surface area (TPSA) is 118 Å². The van der Waals surface area contributed by atoms with E-state index in [0.29, 0.717) is 29.2 Å². The molecule has 0 bridgehead atoms. The molecule has 7 aromatic carbocycles. The summed E-state index contributed by atoms with van der Waals surface area (Å²) in [5, 5.41) is 14.3. The van der Waals surface area contributed by atoms with Crippen molar-refractivity contribution in [2.45, 2.75) is 13.8 Å². The van der Waals surface area contributed by atoms with Crippen LogP contribution in [-0.2, 0) is 0 Å². The summed E-state index contributed by atoms with van der Waals surface area (Å²) in [5.74, 6) is 2.84. The van der Waals surface area contributed by atoms with Crippen molar-refractivity contribution in [3.8, 4) is 51.5 Å². The van der Waals surface area contributed by atoms with E-state index in [4.69, 9.17) is 32.0 Å². The quantitative estimate of drug-likeness (QED) is 0.147. The fraction of sp³-hybridized carbons (Fsp3) is 0.0392. The van der Waals surface area contributed by atoms with Crippen molar-refractivity contribution in [1.29, 1.82) is 5.41 Å². The van der Waals surface area contributed by atoms with Crippen LogP contribution in [0.1, 0.15) is 19.4 Å². The molecule has 10 heteroatoms. The molecule has 3 heterocycles. The summed E-state index contributed by atoms with van der Waals surface area (Å²) in [4.78, 5) is 27.7. The Bertz CT molecular complexity index is 2920. The molecule has 9 nitrogen and oxygen atoms in total. The number of fused-ring (bicyclic) bond motifs is 3. The maximum atomic E-state index is 8.49. The lowest BCUT2D eigenvalue weighted by atomic mass is 10.1. The Morgan fingerprint density at radius 2 is 0.869 bits per heavy atom. The van der Waals surface area contributed by atoms with Crippen LogP contribution >= 0.6 is 11.6 Å². The highest BCUT2D eigenvalue weighted by molar-refractivity contribution is 6.28. The van der Waals surface area contributed by atoms with Gasteiger partial charge in [0.25, 0.3) is 0 Å². The molecule has 0 aliphatic rings. The molecule has 0 amide bonds. The molecule has 0 saturated heterocycles. The molecule has 10 rings (SSSR count). The summed E-state index contributed by atoms with van der Waals surface area (Å²) in [6.07, 6.45) is 1.40. The van der Waals surface area contributed by atoms with Gasteiger partial charge in [0.15, 0.2) is 23.3 Å². The zero-order chi connectivity index (χ0) is 42.0. The fourth-order valence-corrected chi connectivity index (χ4v) is 7.06. The molecule has 0 radical (unpaired) electrons. The highest BCUT2D eigenvalue weighted by Crippen LogP contribution is 2.37. The predicted molar refractivity (Wildman–Crippen MR) is 250 cm³/mol. The molecular weight excluding hydrogens is 774 g/mol. The summed E-state index contributed by atoms with van der Waals surface area (Å²) in [5.41, 5.74) is 8.01. The van der Waals surface area contributed by atoms with Gasteiger partial charge in [0.05, 0.1) is 11.0 Å². The third-order valence-corrected chi connectivity index (χ3v) is 9.80. The van der Waals surface area contributed by atoms with Gasteiger partial charge >= 0.3 is 0 Å². The second-order valence-corrected chi connectivity index (χ2v) is 13.7. The minimum absolute atomic E-state index is 0.202. The highest BCUT2D eigenvalue weighted by Gasteiger charge is 2.21. The lowest BCUT2D eigenvalue weighted by molar-refractivity contribution is 0.953. The first-order valence-corrected chi connectivity index (χ1v) is 20.3. The van der Waals surface area contributed by atoms with Crippen molar-refractivity contribution >= 4 is 51.0 Å². The number of halogens is 1. The summed E-state index contributed by atoms with van der Waals surface area (Å²) in [6.45, 7) is 4.00. The molecule has 0 aliphatic heterocycles. The minimum atomic E-state index is 0.202. The molecule has 0 spiro atoms. The maximum absolute atomic E-state index is 8.49. The van der Waals surface area contributed by atoms with Crippen LogP contribution in [0.4, 0.5) is 11.4 Å². The largest absolute Gasteiger partial charge is 0.355 e. The Kier molecular flexibility index (Phi) is 12.3. The van der Waals surface area contributed by atoms with Gasteiger partial charge in [0.1, 0.15) is 0 Å². The van der Waals surface area contributed by atoms with Gasteiger partial charge in [-0.3, -0.25) is 4.57 Å². The molecule has 0 unspecified atom stereocenters. The van der Waals surface area contributed by atoms with Crippen molar-refractivity contribution in [1.82, 2.24) is 34.5 Å². The zero-order valence-electron chi connectivity index (χ0n) is 33.5. The normalized spacial score (nSPS) is 10.6. The molecule has 0 fully saturated rings. The Morgan fingerprint density at radius 3 is 1.33 bits per heavy atom. The minimum Gasteiger partial charge on any atom is -0.355 e. The second kappa shape index (κ2) is 18.8. The van der Waals surface area contributed by atoms with E-state index in [9.17, 15) is 0 Å². The number of nitrogens with one attached hydrogen (secondary N) is 2. The fourth-order valence-electron chi connectivity index (χ4n) is 6.90. The Morgan fingerprint density at radius 1 is 0.459 bits per heavy atom. The van der Waals surface area contributed by atoms with E-state index >= 15 is 0 Å². The first-order chi connectivity index (χ1) is 30.1. The van der Waals surface area contributed by atoms with Crippen molar-refractivity contribution in [3.63, 3.8) is 0 Å². The van der Waals surface area contributed by atoms with Crippen molar-refractivity contribution in [2.24, 2.45) is 0 Å². The van der Waals surface area contributed by atoms with Crippen molar-refractivity contribution in [2.75, 3.05) is 5.32 Å². The van der Waals surface area contributed by atoms with Crippen LogP contribution in [-0.4, -0.2) is 40.7 Å². The number of hydrogen-bond acceptors (Lipinski definition) is 8. The van der Waals surface area contributed by atoms with Crippen LogP contribution in [0.25, 0.3) is 73.3 Å². The molecule has 61 heavy (non-hydrogen) atoms. The Balaban J connectivity index is 0.000000205. The molecule has 0 atom stereocenters. The van der Waals surface area contributed by atoms with Crippen LogP contribution in [0.3, 0.4) is 0 Å². The van der Waals surface area contributed by atoms with Gasteiger partial charge in [0.2, 0.25) is 11.2 Å². The third-order valence-electron chi connectivity index (χ3n) is 9.63. The van der Waals surface area contributed by atoms with E-state index in [2.05, 4.69) is 43.0 Å². The van der Waals surface area contributed by atoms with Gasteiger partial charge in [-0.05, 0) is 35.9 Å². The number of benzene rings is 7. The molecule has 296 valence electrons. The number of hydrogen-bond donors (Lipinski definition) is 2. The van der Waals surface area contributed by atoms with Crippen LogP contribution in [0.15, 0.2) is 188 Å². The summed E-state index contributed by atoms with van der Waals surface area (Å²) < 4.78 is 2.06. The number of aromatic nitrogens is 7. The van der Waals surface area contributed by atoms with E-state index in [0.717, 1.165) is 61.0 Å². The molecule has 3 aromatic heterocycles. The summed E-state index contributed by atoms with van der Waals surface area (Å²) >= 11 is 5.99. The van der Waals surface area contributed by atoms with E-state index in [1.165, 1.54) is 6.21 Å². The Hall–Kier alpha value is -7.88. The summed E-state index contributed by atoms with van der Waals surface area (Å²) in [7, 11) is 0. The molecule has 0 aliphatic carbocycles. The molecule has 0 saturated carbocycles. The monoisotopic (exact) mass is 813 g/mol. The number of para-hydroxylation sites is 2. The Labute approximate surface area is 359 Å². The van der Waals surface area contributed by atoms with Crippen LogP contribution in [0, 0.1) is 5.41 Å². The maximum Gasteiger partial charge on any atom is 0.238 e. The van der Waals surface area contributed by atoms with Gasteiger partial charge in [0, 0.05) is 56.2 Å². The van der Waals surface area contributed by atoms with Crippen LogP contribution < -0.4 is 5.32 Å². The van der Waals surface area contributed by atoms with E-state index in [-0.39, 0.29) is 5.28 Å². The summed E-state index contributed by atoms with van der Waals surface area (Å²) in [6, 6.07) is 61.7. The molecule has 10 aromatic rings.